The molecule has 0 aliphatic rings. The number of pyridine rings is 1. The molecular formula is C15H15BrN2O. The van der Waals surface area contributed by atoms with Gasteiger partial charge >= 0.3 is 0 Å². The van der Waals surface area contributed by atoms with E-state index >= 15 is 0 Å². The molecule has 0 aliphatic carbocycles. The van der Waals surface area contributed by atoms with Crippen molar-refractivity contribution in [1.82, 2.24) is 4.98 Å². The quantitative estimate of drug-likeness (QED) is 0.845. The molecule has 0 saturated carbocycles. The number of carbonyl (C=O) groups is 1. The summed E-state index contributed by atoms with van der Waals surface area (Å²) in [5, 5.41) is 0. The maximum Gasteiger partial charge on any atom is 0.259 e. The highest BCUT2D eigenvalue weighted by molar-refractivity contribution is 9.10. The maximum absolute atomic E-state index is 12.4. The predicted octanol–water partition coefficient (Wildman–Crippen LogP) is 3.74. The van der Waals surface area contributed by atoms with Gasteiger partial charge in [-0.2, -0.15) is 0 Å². The van der Waals surface area contributed by atoms with Gasteiger partial charge in [0.2, 0.25) is 0 Å². The van der Waals surface area contributed by atoms with Gasteiger partial charge in [0.1, 0.15) is 5.82 Å². The van der Waals surface area contributed by atoms with Crippen LogP contribution in [0, 0.1) is 13.8 Å². The number of carbonyl (C=O) groups excluding carboxylic acids is 1. The molecule has 0 atom stereocenters. The molecule has 19 heavy (non-hydrogen) atoms. The Labute approximate surface area is 121 Å². The molecule has 0 bridgehead atoms. The molecule has 2 aromatic rings. The lowest BCUT2D eigenvalue weighted by atomic mass is 10.1. The van der Waals surface area contributed by atoms with Gasteiger partial charge in [-0.15, -0.1) is 0 Å². The third kappa shape index (κ3) is 3.01. The summed E-state index contributed by atoms with van der Waals surface area (Å²) in [4.78, 5) is 18.1. The number of hydrogen-bond acceptors (Lipinski definition) is 2. The number of aryl methyl sites for hydroxylation is 2. The highest BCUT2D eigenvalue weighted by Crippen LogP contribution is 2.17. The summed E-state index contributed by atoms with van der Waals surface area (Å²) in [6.07, 6.45) is 1.68. The van der Waals surface area contributed by atoms with Crippen LogP contribution in [0.4, 0.5) is 5.82 Å². The van der Waals surface area contributed by atoms with Gasteiger partial charge < -0.3 is 0 Å². The molecule has 1 amide bonds. The van der Waals surface area contributed by atoms with Crippen LogP contribution in [0.25, 0.3) is 0 Å². The zero-order valence-corrected chi connectivity index (χ0v) is 12.7. The van der Waals surface area contributed by atoms with Crippen molar-refractivity contribution in [3.8, 4) is 0 Å². The van der Waals surface area contributed by atoms with E-state index in [1.807, 2.05) is 44.2 Å². The molecule has 1 aromatic heterocycles. The van der Waals surface area contributed by atoms with Crippen molar-refractivity contribution in [3.63, 3.8) is 0 Å². The Kier molecular flexibility index (Phi) is 4.00. The number of rotatable bonds is 2. The largest absolute Gasteiger partial charge is 0.296 e. The van der Waals surface area contributed by atoms with Crippen LogP contribution in [-0.4, -0.2) is 17.9 Å². The summed E-state index contributed by atoms with van der Waals surface area (Å²) in [7, 11) is 1.73. The van der Waals surface area contributed by atoms with Gasteiger partial charge in [-0.05, 0) is 65.2 Å². The van der Waals surface area contributed by atoms with Crippen molar-refractivity contribution >= 4 is 27.7 Å². The molecule has 0 aliphatic heterocycles. The summed E-state index contributed by atoms with van der Waals surface area (Å²) < 4.78 is 0.892. The van der Waals surface area contributed by atoms with E-state index in [0.717, 1.165) is 10.0 Å². The van der Waals surface area contributed by atoms with E-state index in [0.29, 0.717) is 11.4 Å². The fourth-order valence-electron chi connectivity index (χ4n) is 1.74. The van der Waals surface area contributed by atoms with Crippen LogP contribution < -0.4 is 4.90 Å². The molecule has 2 rings (SSSR count). The molecular weight excluding hydrogens is 304 g/mol. The average molecular weight is 319 g/mol. The molecule has 0 radical (unpaired) electrons. The summed E-state index contributed by atoms with van der Waals surface area (Å²) in [6.45, 7) is 4.04. The first-order valence-electron chi connectivity index (χ1n) is 5.96. The van der Waals surface area contributed by atoms with Gasteiger partial charge in [-0.1, -0.05) is 6.07 Å². The second-order valence-corrected chi connectivity index (χ2v) is 5.41. The van der Waals surface area contributed by atoms with Gasteiger partial charge in [0.05, 0.1) is 0 Å². The molecule has 0 N–H and O–H groups in total. The number of nitrogens with zero attached hydrogens (tertiary/aromatic N) is 2. The second kappa shape index (κ2) is 5.53. The van der Waals surface area contributed by atoms with Gasteiger partial charge in [0.15, 0.2) is 0 Å². The first-order chi connectivity index (χ1) is 8.99. The lowest BCUT2D eigenvalue weighted by molar-refractivity contribution is 0.0992. The van der Waals surface area contributed by atoms with Crippen molar-refractivity contribution < 1.29 is 4.79 Å². The highest BCUT2D eigenvalue weighted by Gasteiger charge is 2.14. The van der Waals surface area contributed by atoms with E-state index in [1.54, 1.807) is 18.1 Å². The minimum atomic E-state index is -0.0575. The standard InChI is InChI=1S/C15H15BrN2O/c1-10-4-5-12(8-11(10)2)15(19)18(3)14-7-6-13(16)9-17-14/h4-9H,1-3H3. The fourth-order valence-corrected chi connectivity index (χ4v) is 1.97. The molecule has 4 heteroatoms. The van der Waals surface area contributed by atoms with E-state index in [1.165, 1.54) is 5.56 Å². The first kappa shape index (κ1) is 13.7. The number of halogens is 1. The van der Waals surface area contributed by atoms with Crippen molar-refractivity contribution in [2.24, 2.45) is 0 Å². The number of benzene rings is 1. The second-order valence-electron chi connectivity index (χ2n) is 4.50. The Hall–Kier alpha value is -1.68. The minimum absolute atomic E-state index is 0.0575. The summed E-state index contributed by atoms with van der Waals surface area (Å²) in [6, 6.07) is 9.40. The molecule has 0 unspecified atom stereocenters. The topological polar surface area (TPSA) is 33.2 Å². The zero-order valence-electron chi connectivity index (χ0n) is 11.1. The van der Waals surface area contributed by atoms with Crippen molar-refractivity contribution in [3.05, 3.63) is 57.7 Å². The molecule has 1 heterocycles. The third-order valence-corrected chi connectivity index (χ3v) is 3.58. The average Bonchev–Trinajstić information content (AvgIpc) is 2.41. The molecule has 0 fully saturated rings. The van der Waals surface area contributed by atoms with Crippen LogP contribution in [0.1, 0.15) is 21.5 Å². The summed E-state index contributed by atoms with van der Waals surface area (Å²) >= 11 is 3.33. The van der Waals surface area contributed by atoms with E-state index in [9.17, 15) is 4.79 Å². The van der Waals surface area contributed by atoms with Gasteiger partial charge in [-0.3, -0.25) is 9.69 Å². The monoisotopic (exact) mass is 318 g/mol. The summed E-state index contributed by atoms with van der Waals surface area (Å²) in [5.74, 6) is 0.573. The van der Waals surface area contributed by atoms with Gasteiger partial charge in [-0.25, -0.2) is 4.98 Å². The first-order valence-corrected chi connectivity index (χ1v) is 6.75. The predicted molar refractivity (Wildman–Crippen MR) is 80.6 cm³/mol. The number of anilines is 1. The van der Waals surface area contributed by atoms with Gasteiger partial charge in [0, 0.05) is 23.3 Å². The number of amides is 1. The van der Waals surface area contributed by atoms with Crippen molar-refractivity contribution in [2.45, 2.75) is 13.8 Å². The van der Waals surface area contributed by atoms with E-state index in [2.05, 4.69) is 20.9 Å². The number of aromatic nitrogens is 1. The SMILES string of the molecule is Cc1ccc(C(=O)N(C)c2ccc(Br)cn2)cc1C. The molecule has 1 aromatic carbocycles. The van der Waals surface area contributed by atoms with E-state index < -0.39 is 0 Å². The Morgan fingerprint density at radius 3 is 2.47 bits per heavy atom. The van der Waals surface area contributed by atoms with E-state index in [4.69, 9.17) is 0 Å². The van der Waals surface area contributed by atoms with Crippen LogP contribution in [0.3, 0.4) is 0 Å². The smallest absolute Gasteiger partial charge is 0.259 e. The van der Waals surface area contributed by atoms with Crippen LogP contribution in [0.15, 0.2) is 41.0 Å². The Bertz CT molecular complexity index is 608. The molecule has 98 valence electrons. The van der Waals surface area contributed by atoms with Crippen LogP contribution in [0.5, 0.6) is 0 Å². The molecule has 0 spiro atoms. The lowest BCUT2D eigenvalue weighted by Gasteiger charge is -2.16. The Morgan fingerprint density at radius 1 is 1.16 bits per heavy atom. The van der Waals surface area contributed by atoms with Crippen molar-refractivity contribution in [2.75, 3.05) is 11.9 Å². The van der Waals surface area contributed by atoms with Gasteiger partial charge in [0.25, 0.3) is 5.91 Å². The third-order valence-electron chi connectivity index (χ3n) is 3.11. The lowest BCUT2D eigenvalue weighted by Crippen LogP contribution is -2.27. The maximum atomic E-state index is 12.4. The van der Waals surface area contributed by atoms with Crippen molar-refractivity contribution in [1.29, 1.82) is 0 Å². The number of hydrogen-bond donors (Lipinski definition) is 0. The molecule has 0 saturated heterocycles. The van der Waals surface area contributed by atoms with E-state index in [-0.39, 0.29) is 5.91 Å². The van der Waals surface area contributed by atoms with Crippen LogP contribution in [-0.2, 0) is 0 Å². The van der Waals surface area contributed by atoms with Crippen LogP contribution >= 0.6 is 15.9 Å². The minimum Gasteiger partial charge on any atom is -0.296 e. The fraction of sp³-hybridized carbons (Fsp3) is 0.200. The Balaban J connectivity index is 2.28. The Morgan fingerprint density at radius 2 is 1.89 bits per heavy atom. The summed E-state index contributed by atoms with van der Waals surface area (Å²) in [5.41, 5.74) is 2.97. The highest BCUT2D eigenvalue weighted by atomic mass is 79.9. The molecule has 3 nitrogen and oxygen atoms in total. The normalized spacial score (nSPS) is 10.3. The zero-order chi connectivity index (χ0) is 14.0. The van der Waals surface area contributed by atoms with Crippen LogP contribution in [0.2, 0.25) is 0 Å².